The summed E-state index contributed by atoms with van der Waals surface area (Å²) in [5.41, 5.74) is 1.57. The summed E-state index contributed by atoms with van der Waals surface area (Å²) in [5, 5.41) is -0.774. The molecule has 0 aliphatic carbocycles. The highest BCUT2D eigenvalue weighted by Gasteiger charge is 2.39. The molecular weight excluding hydrogens is 409 g/mol. The molecule has 0 radical (unpaired) electrons. The summed E-state index contributed by atoms with van der Waals surface area (Å²) in [6, 6.07) is 11.4. The Morgan fingerprint density at radius 1 is 1.20 bits per heavy atom. The smallest absolute Gasteiger partial charge is 0.289 e. The number of nitrogens with zero attached hydrogens (tertiary/aromatic N) is 1. The first kappa shape index (κ1) is 17.9. The number of imide groups is 1. The van der Waals surface area contributed by atoms with E-state index in [1.807, 2.05) is 18.2 Å². The zero-order valence-electron chi connectivity index (χ0n) is 13.4. The molecule has 1 saturated heterocycles. The number of rotatable bonds is 5. The Bertz CT molecular complexity index is 812. The second kappa shape index (κ2) is 7.58. The van der Waals surface area contributed by atoms with Gasteiger partial charge in [-0.25, -0.2) is 4.39 Å². The first-order chi connectivity index (χ1) is 12.0. The van der Waals surface area contributed by atoms with Crippen molar-refractivity contribution in [3.63, 3.8) is 0 Å². The molecular formula is C18H15BrFNO3S. The number of carbonyl (C=O) groups is 2. The van der Waals surface area contributed by atoms with Crippen LogP contribution >= 0.6 is 27.7 Å². The van der Waals surface area contributed by atoms with E-state index in [-0.39, 0.29) is 23.5 Å². The largest absolute Gasteiger partial charge is 0.496 e. The third-order valence-electron chi connectivity index (χ3n) is 3.91. The van der Waals surface area contributed by atoms with Gasteiger partial charge in [0, 0.05) is 4.47 Å². The van der Waals surface area contributed by atoms with Crippen LogP contribution in [0.15, 0.2) is 46.9 Å². The second-order valence-corrected chi connectivity index (χ2v) is 7.65. The van der Waals surface area contributed by atoms with Crippen molar-refractivity contribution < 1.29 is 18.7 Å². The maximum Gasteiger partial charge on any atom is 0.289 e. The summed E-state index contributed by atoms with van der Waals surface area (Å²) in [7, 11) is 1.57. The van der Waals surface area contributed by atoms with Gasteiger partial charge in [-0.3, -0.25) is 14.5 Å². The highest BCUT2D eigenvalue weighted by atomic mass is 79.9. The van der Waals surface area contributed by atoms with Gasteiger partial charge in [-0.2, -0.15) is 0 Å². The SMILES string of the molecule is COc1ccc(Br)cc1C[C@H]1SC(=O)N(Cc2ccc(F)cc2)C1=O. The number of methoxy groups -OCH3 is 1. The Morgan fingerprint density at radius 2 is 1.92 bits per heavy atom. The van der Waals surface area contributed by atoms with Crippen molar-refractivity contribution in [3.8, 4) is 5.75 Å². The normalized spacial score (nSPS) is 17.2. The molecule has 2 amide bonds. The van der Waals surface area contributed by atoms with Crippen molar-refractivity contribution in [2.75, 3.05) is 7.11 Å². The topological polar surface area (TPSA) is 46.6 Å². The van der Waals surface area contributed by atoms with Crippen molar-refractivity contribution in [1.82, 2.24) is 4.90 Å². The number of benzene rings is 2. The molecule has 0 saturated carbocycles. The van der Waals surface area contributed by atoms with Gasteiger partial charge in [0.2, 0.25) is 5.91 Å². The van der Waals surface area contributed by atoms with Crippen LogP contribution in [-0.2, 0) is 17.8 Å². The molecule has 0 N–H and O–H groups in total. The number of carbonyl (C=O) groups excluding carboxylic acids is 2. The number of hydrogen-bond donors (Lipinski definition) is 0. The van der Waals surface area contributed by atoms with E-state index in [9.17, 15) is 14.0 Å². The molecule has 1 fully saturated rings. The summed E-state index contributed by atoms with van der Waals surface area (Å²) in [4.78, 5) is 26.1. The molecule has 0 unspecified atom stereocenters. The van der Waals surface area contributed by atoms with Gasteiger partial charge >= 0.3 is 0 Å². The third-order valence-corrected chi connectivity index (χ3v) is 5.47. The van der Waals surface area contributed by atoms with Crippen LogP contribution in [0.25, 0.3) is 0 Å². The summed E-state index contributed by atoms with van der Waals surface area (Å²) in [5.74, 6) is 0.0965. The lowest BCUT2D eigenvalue weighted by atomic mass is 10.1. The fourth-order valence-electron chi connectivity index (χ4n) is 2.65. The Hall–Kier alpha value is -1.86. The molecule has 4 nitrogen and oxygen atoms in total. The third kappa shape index (κ3) is 4.04. The van der Waals surface area contributed by atoms with Crippen molar-refractivity contribution in [3.05, 3.63) is 63.9 Å². The minimum atomic E-state index is -0.490. The molecule has 2 aromatic carbocycles. The monoisotopic (exact) mass is 423 g/mol. The standard InChI is InChI=1S/C18H15BrFNO3S/c1-24-15-7-4-13(19)8-12(15)9-16-17(22)21(18(23)25-16)10-11-2-5-14(20)6-3-11/h2-8,16H,9-10H2,1H3/t16-/m1/s1. The van der Waals surface area contributed by atoms with E-state index in [0.717, 1.165) is 21.8 Å². The molecule has 1 heterocycles. The maximum absolute atomic E-state index is 13.0. The van der Waals surface area contributed by atoms with Gasteiger partial charge in [0.25, 0.3) is 5.24 Å². The van der Waals surface area contributed by atoms with E-state index in [1.54, 1.807) is 19.2 Å². The van der Waals surface area contributed by atoms with Crippen molar-refractivity contribution in [1.29, 1.82) is 0 Å². The number of hydrogen-bond acceptors (Lipinski definition) is 4. The van der Waals surface area contributed by atoms with Gasteiger partial charge in [0.05, 0.1) is 18.9 Å². The van der Waals surface area contributed by atoms with Crippen molar-refractivity contribution >= 4 is 38.8 Å². The average molecular weight is 424 g/mol. The van der Waals surface area contributed by atoms with E-state index < -0.39 is 5.25 Å². The quantitative estimate of drug-likeness (QED) is 0.714. The lowest BCUT2D eigenvalue weighted by Crippen LogP contribution is -2.31. The van der Waals surface area contributed by atoms with Crippen LogP contribution in [0.4, 0.5) is 9.18 Å². The van der Waals surface area contributed by atoms with Crippen LogP contribution in [0, 0.1) is 5.82 Å². The van der Waals surface area contributed by atoms with Gasteiger partial charge < -0.3 is 4.74 Å². The number of halogens is 2. The van der Waals surface area contributed by atoms with Crippen LogP contribution in [0.3, 0.4) is 0 Å². The average Bonchev–Trinajstić information content (AvgIpc) is 2.84. The summed E-state index contributed by atoms with van der Waals surface area (Å²) in [6.07, 6.45) is 0.401. The van der Waals surface area contributed by atoms with Crippen molar-refractivity contribution in [2.24, 2.45) is 0 Å². The molecule has 1 aliphatic heterocycles. The molecule has 3 rings (SSSR count). The Labute approximate surface area is 157 Å². The summed E-state index contributed by atoms with van der Waals surface area (Å²) >= 11 is 4.43. The predicted molar refractivity (Wildman–Crippen MR) is 98.1 cm³/mol. The van der Waals surface area contributed by atoms with E-state index in [2.05, 4.69) is 15.9 Å². The summed E-state index contributed by atoms with van der Waals surface area (Å²) < 4.78 is 19.2. The molecule has 0 spiro atoms. The zero-order chi connectivity index (χ0) is 18.0. The Kier molecular flexibility index (Phi) is 5.44. The fourth-order valence-corrected chi connectivity index (χ4v) is 4.07. The van der Waals surface area contributed by atoms with Crippen LogP contribution in [0.5, 0.6) is 5.75 Å². The Morgan fingerprint density at radius 3 is 2.60 bits per heavy atom. The second-order valence-electron chi connectivity index (χ2n) is 5.58. The molecule has 7 heteroatoms. The number of ether oxygens (including phenoxy) is 1. The Balaban J connectivity index is 1.75. The van der Waals surface area contributed by atoms with Crippen LogP contribution in [-0.4, -0.2) is 28.4 Å². The van der Waals surface area contributed by atoms with Gasteiger partial charge in [0.15, 0.2) is 0 Å². The molecule has 130 valence electrons. The van der Waals surface area contributed by atoms with Gasteiger partial charge in [-0.1, -0.05) is 39.8 Å². The van der Waals surface area contributed by atoms with Crippen molar-refractivity contribution in [2.45, 2.75) is 18.2 Å². The zero-order valence-corrected chi connectivity index (χ0v) is 15.8. The molecule has 25 heavy (non-hydrogen) atoms. The highest BCUT2D eigenvalue weighted by molar-refractivity contribution is 9.10. The van der Waals surface area contributed by atoms with Gasteiger partial charge in [-0.15, -0.1) is 0 Å². The minimum Gasteiger partial charge on any atom is -0.496 e. The maximum atomic E-state index is 13.0. The summed E-state index contributed by atoms with van der Waals surface area (Å²) in [6.45, 7) is 0.150. The lowest BCUT2D eigenvalue weighted by molar-refractivity contribution is -0.127. The molecule has 0 bridgehead atoms. The molecule has 2 aromatic rings. The van der Waals surface area contributed by atoms with E-state index in [1.165, 1.54) is 17.0 Å². The van der Waals surface area contributed by atoms with E-state index in [0.29, 0.717) is 17.7 Å². The molecule has 1 aliphatic rings. The highest BCUT2D eigenvalue weighted by Crippen LogP contribution is 2.33. The lowest BCUT2D eigenvalue weighted by Gasteiger charge is -2.15. The number of thioether (sulfide) groups is 1. The van der Waals surface area contributed by atoms with E-state index >= 15 is 0 Å². The first-order valence-electron chi connectivity index (χ1n) is 7.57. The molecule has 0 aromatic heterocycles. The van der Waals surface area contributed by atoms with Gasteiger partial charge in [0.1, 0.15) is 11.6 Å². The van der Waals surface area contributed by atoms with Gasteiger partial charge in [-0.05, 0) is 47.9 Å². The molecule has 1 atom stereocenters. The van der Waals surface area contributed by atoms with Crippen LogP contribution < -0.4 is 4.74 Å². The fraction of sp³-hybridized carbons (Fsp3) is 0.222. The minimum absolute atomic E-state index is 0.150. The predicted octanol–water partition coefficient (Wildman–Crippen LogP) is 4.40. The van der Waals surface area contributed by atoms with Crippen LogP contribution in [0.1, 0.15) is 11.1 Å². The van der Waals surface area contributed by atoms with Crippen LogP contribution in [0.2, 0.25) is 0 Å². The van der Waals surface area contributed by atoms with E-state index in [4.69, 9.17) is 4.74 Å². The number of amides is 2. The first-order valence-corrected chi connectivity index (χ1v) is 9.24.